The normalized spacial score (nSPS) is 33.3. The fraction of sp³-hybridized carbons (Fsp3) is 1.00. The van der Waals surface area contributed by atoms with Crippen molar-refractivity contribution in [2.24, 2.45) is 29.1 Å². The number of piperidine rings is 1. The summed E-state index contributed by atoms with van der Waals surface area (Å²) >= 11 is 0. The Balaban J connectivity index is 1.65. The van der Waals surface area contributed by atoms with E-state index in [1.165, 1.54) is 52.1 Å². The Bertz CT molecular complexity index is 575. The Morgan fingerprint density at radius 2 is 1.07 bits per heavy atom. The van der Waals surface area contributed by atoms with Gasteiger partial charge in [0.05, 0.1) is 0 Å². The van der Waals surface area contributed by atoms with Crippen LogP contribution in [0.1, 0.15) is 89.0 Å². The second-order valence-corrected chi connectivity index (χ2v) is 14.7. The maximum Gasteiger partial charge on any atom is 0.0156 e. The lowest BCUT2D eigenvalue weighted by Crippen LogP contribution is -2.55. The number of hydrogen-bond donors (Lipinski definition) is 0. The van der Waals surface area contributed by atoms with Crippen LogP contribution in [0.3, 0.4) is 0 Å². The summed E-state index contributed by atoms with van der Waals surface area (Å²) in [5, 5.41) is 0. The molecule has 0 aromatic carbocycles. The van der Waals surface area contributed by atoms with E-state index in [4.69, 9.17) is 0 Å². The van der Waals surface area contributed by atoms with Crippen LogP contribution in [0.2, 0.25) is 0 Å². The highest BCUT2D eigenvalue weighted by atomic mass is 15.3. The molecule has 30 heavy (non-hydrogen) atoms. The van der Waals surface area contributed by atoms with Gasteiger partial charge in [-0.05, 0) is 104 Å². The van der Waals surface area contributed by atoms with Crippen molar-refractivity contribution in [1.29, 1.82) is 0 Å². The molecule has 3 saturated heterocycles. The molecule has 3 heteroatoms. The Morgan fingerprint density at radius 1 is 0.600 bits per heavy atom. The molecule has 0 spiro atoms. The van der Waals surface area contributed by atoms with Crippen molar-refractivity contribution >= 4 is 0 Å². The molecule has 3 aliphatic rings. The summed E-state index contributed by atoms with van der Waals surface area (Å²) in [6, 6.07) is 0. The molecule has 0 amide bonds. The van der Waals surface area contributed by atoms with Crippen molar-refractivity contribution in [1.82, 2.24) is 14.7 Å². The summed E-state index contributed by atoms with van der Waals surface area (Å²) in [5.74, 6) is 3.38. The van der Waals surface area contributed by atoms with E-state index in [0.29, 0.717) is 16.5 Å². The second kappa shape index (κ2) is 8.03. The van der Waals surface area contributed by atoms with Gasteiger partial charge in [0.1, 0.15) is 0 Å². The first kappa shape index (κ1) is 24.5. The van der Waals surface area contributed by atoms with Crippen molar-refractivity contribution in [2.45, 2.75) is 106 Å². The van der Waals surface area contributed by atoms with Gasteiger partial charge in [-0.2, -0.15) is 0 Å². The average molecular weight is 420 g/mol. The van der Waals surface area contributed by atoms with Crippen LogP contribution in [0.4, 0.5) is 0 Å². The minimum absolute atomic E-state index is 0.287. The SMILES string of the molecule is CC(C)(C)C1CN(C(C)(C)C)CCC1CC(C)(C)N1CC2CN(C(C)(C)C)CC2C1. The summed E-state index contributed by atoms with van der Waals surface area (Å²) < 4.78 is 0. The van der Waals surface area contributed by atoms with Crippen LogP contribution >= 0.6 is 0 Å². The summed E-state index contributed by atoms with van der Waals surface area (Å²) in [7, 11) is 0. The van der Waals surface area contributed by atoms with Gasteiger partial charge in [0, 0.05) is 49.3 Å². The Kier molecular flexibility index (Phi) is 6.56. The van der Waals surface area contributed by atoms with Crippen LogP contribution in [0.15, 0.2) is 0 Å². The fourth-order valence-corrected chi connectivity index (χ4v) is 6.64. The fourth-order valence-electron chi connectivity index (χ4n) is 6.64. The van der Waals surface area contributed by atoms with E-state index in [2.05, 4.69) is 90.9 Å². The smallest absolute Gasteiger partial charge is 0.0156 e. The first-order valence-corrected chi connectivity index (χ1v) is 12.7. The summed E-state index contributed by atoms with van der Waals surface area (Å²) in [4.78, 5) is 8.34. The number of nitrogens with zero attached hydrogens (tertiary/aromatic N) is 3. The van der Waals surface area contributed by atoms with E-state index in [0.717, 1.165) is 23.7 Å². The van der Waals surface area contributed by atoms with Gasteiger partial charge in [-0.15, -0.1) is 0 Å². The minimum atomic E-state index is 0.287. The zero-order valence-electron chi connectivity index (χ0n) is 22.3. The lowest BCUT2D eigenvalue weighted by atomic mass is 9.66. The largest absolute Gasteiger partial charge is 0.298 e. The van der Waals surface area contributed by atoms with Crippen LogP contribution in [-0.2, 0) is 0 Å². The minimum Gasteiger partial charge on any atom is -0.298 e. The zero-order chi connectivity index (χ0) is 22.7. The molecule has 0 saturated carbocycles. The summed E-state index contributed by atoms with van der Waals surface area (Å²) in [6.07, 6.45) is 2.72. The lowest BCUT2D eigenvalue weighted by Gasteiger charge is -2.51. The standard InChI is InChI=1S/C27H53N3/c1-24(2,3)23-19-28(25(4,5)6)13-12-20(23)14-27(10,11)30-17-21-15-29(26(7,8)9)16-22(21)18-30/h20-23H,12-19H2,1-11H3. The van der Waals surface area contributed by atoms with Gasteiger partial charge in [0.15, 0.2) is 0 Å². The molecule has 3 nitrogen and oxygen atoms in total. The Hall–Kier alpha value is -0.120. The first-order valence-electron chi connectivity index (χ1n) is 12.7. The van der Waals surface area contributed by atoms with Gasteiger partial charge in [0.25, 0.3) is 0 Å². The molecule has 3 heterocycles. The maximum atomic E-state index is 2.87. The van der Waals surface area contributed by atoms with Crippen LogP contribution in [0.25, 0.3) is 0 Å². The zero-order valence-corrected chi connectivity index (χ0v) is 22.3. The predicted octanol–water partition coefficient (Wildman–Crippen LogP) is 5.60. The van der Waals surface area contributed by atoms with E-state index in [1.807, 2.05) is 0 Å². The molecule has 0 N–H and O–H groups in total. The molecule has 0 aliphatic carbocycles. The van der Waals surface area contributed by atoms with E-state index in [9.17, 15) is 0 Å². The Morgan fingerprint density at radius 3 is 1.50 bits per heavy atom. The molecule has 176 valence electrons. The van der Waals surface area contributed by atoms with Crippen molar-refractivity contribution in [3.63, 3.8) is 0 Å². The number of hydrogen-bond acceptors (Lipinski definition) is 3. The third-order valence-corrected chi connectivity index (χ3v) is 8.87. The lowest BCUT2D eigenvalue weighted by molar-refractivity contribution is -0.0213. The molecule has 3 fully saturated rings. The van der Waals surface area contributed by atoms with Crippen molar-refractivity contribution < 1.29 is 0 Å². The number of fused-ring (bicyclic) bond motifs is 1. The maximum absolute atomic E-state index is 2.87. The topological polar surface area (TPSA) is 9.72 Å². The third-order valence-electron chi connectivity index (χ3n) is 8.87. The van der Waals surface area contributed by atoms with E-state index < -0.39 is 0 Å². The van der Waals surface area contributed by atoms with Crippen LogP contribution in [0, 0.1) is 29.1 Å². The first-order chi connectivity index (χ1) is 13.5. The molecule has 0 aromatic heterocycles. The second-order valence-electron chi connectivity index (χ2n) is 14.7. The molecule has 3 aliphatic heterocycles. The third kappa shape index (κ3) is 5.26. The molecule has 0 bridgehead atoms. The molecule has 4 atom stereocenters. The summed E-state index contributed by atoms with van der Waals surface area (Å²) in [5.41, 5.74) is 1.30. The van der Waals surface area contributed by atoms with Crippen LogP contribution in [0.5, 0.6) is 0 Å². The van der Waals surface area contributed by atoms with Crippen LogP contribution in [-0.4, -0.2) is 70.6 Å². The molecule has 3 rings (SSSR count). The van der Waals surface area contributed by atoms with Crippen molar-refractivity contribution in [3.05, 3.63) is 0 Å². The average Bonchev–Trinajstić information content (AvgIpc) is 3.11. The number of likely N-dealkylation sites (tertiary alicyclic amines) is 3. The van der Waals surface area contributed by atoms with Gasteiger partial charge >= 0.3 is 0 Å². The predicted molar refractivity (Wildman–Crippen MR) is 131 cm³/mol. The van der Waals surface area contributed by atoms with Gasteiger partial charge in [-0.25, -0.2) is 0 Å². The molecular weight excluding hydrogens is 366 g/mol. The molecule has 0 aromatic rings. The molecule has 4 unspecified atom stereocenters. The highest BCUT2D eigenvalue weighted by Crippen LogP contribution is 2.45. The van der Waals surface area contributed by atoms with E-state index in [1.54, 1.807) is 0 Å². The molecular formula is C27H53N3. The van der Waals surface area contributed by atoms with Gasteiger partial charge in [-0.1, -0.05) is 20.8 Å². The monoisotopic (exact) mass is 419 g/mol. The van der Waals surface area contributed by atoms with Crippen LogP contribution < -0.4 is 0 Å². The molecule has 0 radical (unpaired) electrons. The van der Waals surface area contributed by atoms with E-state index >= 15 is 0 Å². The highest BCUT2D eigenvalue weighted by Gasteiger charge is 2.48. The highest BCUT2D eigenvalue weighted by molar-refractivity contribution is 5.02. The Labute approximate surface area is 188 Å². The van der Waals surface area contributed by atoms with Crippen molar-refractivity contribution in [2.75, 3.05) is 39.3 Å². The summed E-state index contributed by atoms with van der Waals surface area (Å²) in [6.45, 7) is 34.6. The number of rotatable bonds is 3. The quantitative estimate of drug-likeness (QED) is 0.589. The van der Waals surface area contributed by atoms with Crippen molar-refractivity contribution in [3.8, 4) is 0 Å². The van der Waals surface area contributed by atoms with Gasteiger partial charge in [0.2, 0.25) is 0 Å². The van der Waals surface area contributed by atoms with E-state index in [-0.39, 0.29) is 5.54 Å². The van der Waals surface area contributed by atoms with Gasteiger partial charge in [-0.3, -0.25) is 14.7 Å². The van der Waals surface area contributed by atoms with Gasteiger partial charge < -0.3 is 0 Å².